The van der Waals surface area contributed by atoms with E-state index in [2.05, 4.69) is 55.0 Å². The molecule has 2 heterocycles. The minimum Gasteiger partial charge on any atom is -0.372 e. The van der Waals surface area contributed by atoms with Crippen LogP contribution in [-0.4, -0.2) is 42.7 Å². The van der Waals surface area contributed by atoms with Gasteiger partial charge in [0.1, 0.15) is 0 Å². The smallest absolute Gasteiger partial charge is 0.193 e. The lowest BCUT2D eigenvalue weighted by Crippen LogP contribution is -2.47. The molecule has 1 aromatic heterocycles. The van der Waals surface area contributed by atoms with Gasteiger partial charge in [0.15, 0.2) is 5.96 Å². The van der Waals surface area contributed by atoms with Gasteiger partial charge >= 0.3 is 0 Å². The Morgan fingerprint density at radius 1 is 1.30 bits per heavy atom. The monoisotopic (exact) mass is 337 g/mol. The molecule has 1 aromatic rings. The Morgan fingerprint density at radius 2 is 1.96 bits per heavy atom. The van der Waals surface area contributed by atoms with Gasteiger partial charge in [-0.1, -0.05) is 6.92 Å². The molecule has 4 nitrogen and oxygen atoms in total. The fourth-order valence-corrected chi connectivity index (χ4v) is 3.79. The third-order valence-electron chi connectivity index (χ3n) is 3.96. The highest BCUT2D eigenvalue weighted by Crippen LogP contribution is 2.20. The zero-order valence-corrected chi connectivity index (χ0v) is 16.0. The van der Waals surface area contributed by atoms with Crippen LogP contribution in [0.5, 0.6) is 0 Å². The predicted molar refractivity (Wildman–Crippen MR) is 99.3 cm³/mol. The van der Waals surface area contributed by atoms with Crippen molar-refractivity contribution in [2.45, 2.75) is 65.2 Å². The molecule has 1 saturated heterocycles. The lowest BCUT2D eigenvalue weighted by Gasteiger charge is -2.36. The van der Waals surface area contributed by atoms with Gasteiger partial charge in [0, 0.05) is 29.9 Å². The molecular formula is C18H31N3OS. The van der Waals surface area contributed by atoms with E-state index in [1.807, 2.05) is 18.4 Å². The van der Waals surface area contributed by atoms with Crippen LogP contribution in [0.4, 0.5) is 0 Å². The second kappa shape index (κ2) is 8.15. The number of aryl methyl sites for hydroxylation is 1. The highest BCUT2D eigenvalue weighted by atomic mass is 32.1. The van der Waals surface area contributed by atoms with Crippen LogP contribution in [-0.2, 0) is 17.7 Å². The van der Waals surface area contributed by atoms with E-state index in [-0.39, 0.29) is 5.60 Å². The van der Waals surface area contributed by atoms with Crippen LogP contribution < -0.4 is 5.32 Å². The van der Waals surface area contributed by atoms with Gasteiger partial charge in [-0.05, 0) is 52.2 Å². The van der Waals surface area contributed by atoms with Crippen LogP contribution in [0.1, 0.15) is 50.3 Å². The van der Waals surface area contributed by atoms with Crippen LogP contribution in [0, 0.1) is 0 Å². The Kier molecular flexibility index (Phi) is 6.48. The molecule has 0 bridgehead atoms. The summed E-state index contributed by atoms with van der Waals surface area (Å²) >= 11 is 1.88. The highest BCUT2D eigenvalue weighted by molar-refractivity contribution is 7.11. The van der Waals surface area contributed by atoms with Crippen molar-refractivity contribution >= 4 is 17.3 Å². The summed E-state index contributed by atoms with van der Waals surface area (Å²) in [5.41, 5.74) is -0.0527. The van der Waals surface area contributed by atoms with Crippen LogP contribution >= 0.6 is 11.3 Å². The molecule has 130 valence electrons. The molecule has 0 saturated carbocycles. The fraction of sp³-hybridized carbons (Fsp3) is 0.722. The number of thiophene rings is 1. The maximum Gasteiger partial charge on any atom is 0.193 e. The maximum absolute atomic E-state index is 6.10. The molecule has 5 heteroatoms. The largest absolute Gasteiger partial charge is 0.372 e. The van der Waals surface area contributed by atoms with E-state index in [1.165, 1.54) is 9.75 Å². The van der Waals surface area contributed by atoms with E-state index < -0.39 is 0 Å². The number of aliphatic imine (C=N–C) groups is 1. The fourth-order valence-electron chi connectivity index (χ4n) is 2.89. The van der Waals surface area contributed by atoms with Crippen molar-refractivity contribution in [3.63, 3.8) is 0 Å². The number of ether oxygens (including phenoxy) is 1. The molecule has 0 aromatic carbocycles. The number of guanidine groups is 1. The Morgan fingerprint density at radius 3 is 2.48 bits per heavy atom. The van der Waals surface area contributed by atoms with E-state index in [1.54, 1.807) is 0 Å². The minimum atomic E-state index is -0.0527. The first-order chi connectivity index (χ1) is 10.9. The molecule has 0 aliphatic carbocycles. The molecule has 1 aliphatic heterocycles. The SMILES string of the molecule is CCc1ccc(CNC(=NC)N2CCC(OC(C)(C)C)CC2)s1. The number of piperidine rings is 1. The number of likely N-dealkylation sites (tertiary alicyclic amines) is 1. The summed E-state index contributed by atoms with van der Waals surface area (Å²) in [4.78, 5) is 9.60. The summed E-state index contributed by atoms with van der Waals surface area (Å²) in [6.07, 6.45) is 3.61. The zero-order valence-electron chi connectivity index (χ0n) is 15.2. The van der Waals surface area contributed by atoms with Gasteiger partial charge in [0.2, 0.25) is 0 Å². The molecule has 2 rings (SSSR count). The van der Waals surface area contributed by atoms with Crippen molar-refractivity contribution in [1.29, 1.82) is 0 Å². The second-order valence-corrected chi connectivity index (χ2v) is 8.29. The van der Waals surface area contributed by atoms with Gasteiger partial charge in [-0.25, -0.2) is 0 Å². The number of nitrogens with zero attached hydrogens (tertiary/aromatic N) is 2. The average Bonchev–Trinajstić information content (AvgIpc) is 2.96. The van der Waals surface area contributed by atoms with Crippen molar-refractivity contribution in [2.24, 2.45) is 4.99 Å². The number of nitrogens with one attached hydrogen (secondary N) is 1. The molecule has 0 atom stereocenters. The van der Waals surface area contributed by atoms with Gasteiger partial charge in [0.25, 0.3) is 0 Å². The standard InChI is InChI=1S/C18H31N3OS/c1-6-15-7-8-16(23-15)13-20-17(19-5)21-11-9-14(10-12-21)22-18(2,3)4/h7-8,14H,6,9-13H2,1-5H3,(H,19,20). The number of hydrogen-bond donors (Lipinski definition) is 1. The molecule has 1 fully saturated rings. The van der Waals surface area contributed by atoms with Gasteiger partial charge < -0.3 is 15.0 Å². The van der Waals surface area contributed by atoms with E-state index in [0.717, 1.165) is 44.9 Å². The van der Waals surface area contributed by atoms with Crippen molar-refractivity contribution in [1.82, 2.24) is 10.2 Å². The van der Waals surface area contributed by atoms with E-state index in [9.17, 15) is 0 Å². The predicted octanol–water partition coefficient (Wildman–Crippen LogP) is 3.67. The number of rotatable bonds is 4. The summed E-state index contributed by atoms with van der Waals surface area (Å²) in [6.45, 7) is 11.5. The average molecular weight is 338 g/mol. The maximum atomic E-state index is 6.10. The van der Waals surface area contributed by atoms with Crippen molar-refractivity contribution < 1.29 is 4.74 Å². The van der Waals surface area contributed by atoms with Crippen LogP contribution in [0.3, 0.4) is 0 Å². The lowest BCUT2D eigenvalue weighted by atomic mass is 10.1. The quantitative estimate of drug-likeness (QED) is 0.673. The van der Waals surface area contributed by atoms with E-state index in [0.29, 0.717) is 6.10 Å². The minimum absolute atomic E-state index is 0.0527. The summed E-state index contributed by atoms with van der Waals surface area (Å²) < 4.78 is 6.10. The Hall–Kier alpha value is -1.07. The molecule has 1 aliphatic rings. The second-order valence-electron chi connectivity index (χ2n) is 7.04. The molecule has 0 unspecified atom stereocenters. The third-order valence-corrected chi connectivity index (χ3v) is 5.19. The first-order valence-corrected chi connectivity index (χ1v) is 9.44. The van der Waals surface area contributed by atoms with Crippen molar-refractivity contribution in [3.8, 4) is 0 Å². The zero-order chi connectivity index (χ0) is 16.9. The highest BCUT2D eigenvalue weighted by Gasteiger charge is 2.25. The Bertz CT molecular complexity index is 511. The van der Waals surface area contributed by atoms with Gasteiger partial charge in [-0.2, -0.15) is 0 Å². The van der Waals surface area contributed by atoms with Gasteiger partial charge in [0.05, 0.1) is 18.2 Å². The summed E-state index contributed by atoms with van der Waals surface area (Å²) in [7, 11) is 1.87. The van der Waals surface area contributed by atoms with Crippen molar-refractivity contribution in [2.75, 3.05) is 20.1 Å². The molecule has 23 heavy (non-hydrogen) atoms. The normalized spacial score (nSPS) is 17.6. The van der Waals surface area contributed by atoms with E-state index >= 15 is 0 Å². The Labute approximate surface area is 144 Å². The van der Waals surface area contributed by atoms with Crippen LogP contribution in [0.15, 0.2) is 17.1 Å². The van der Waals surface area contributed by atoms with Crippen molar-refractivity contribution in [3.05, 3.63) is 21.9 Å². The van der Waals surface area contributed by atoms with Gasteiger partial charge in [-0.3, -0.25) is 4.99 Å². The van der Waals surface area contributed by atoms with Crippen LogP contribution in [0.25, 0.3) is 0 Å². The molecule has 0 spiro atoms. The summed E-state index contributed by atoms with van der Waals surface area (Å²) in [5.74, 6) is 1.01. The first kappa shape index (κ1) is 18.3. The molecule has 1 N–H and O–H groups in total. The topological polar surface area (TPSA) is 36.9 Å². The summed E-state index contributed by atoms with van der Waals surface area (Å²) in [6, 6.07) is 4.44. The lowest BCUT2D eigenvalue weighted by molar-refractivity contribution is -0.0772. The first-order valence-electron chi connectivity index (χ1n) is 8.62. The van der Waals surface area contributed by atoms with Crippen LogP contribution in [0.2, 0.25) is 0 Å². The molecule has 0 radical (unpaired) electrons. The Balaban J connectivity index is 1.81. The third kappa shape index (κ3) is 5.81. The molecular weight excluding hydrogens is 306 g/mol. The molecule has 0 amide bonds. The van der Waals surface area contributed by atoms with Gasteiger partial charge in [-0.15, -0.1) is 11.3 Å². The van der Waals surface area contributed by atoms with E-state index in [4.69, 9.17) is 4.74 Å². The number of hydrogen-bond acceptors (Lipinski definition) is 3. The summed E-state index contributed by atoms with van der Waals surface area (Å²) in [5, 5.41) is 3.50.